The molecular weight excluding hydrogens is 347 g/mol. The lowest BCUT2D eigenvalue weighted by Crippen LogP contribution is -2.43. The van der Waals surface area contributed by atoms with Crippen LogP contribution in [0, 0.1) is 5.82 Å². The van der Waals surface area contributed by atoms with E-state index in [-0.39, 0.29) is 21.1 Å². The summed E-state index contributed by atoms with van der Waals surface area (Å²) in [5.74, 6) is -0.563. The number of nitrogens with zero attached hydrogens (tertiary/aromatic N) is 1. The Morgan fingerprint density at radius 2 is 2.15 bits per heavy atom. The average Bonchev–Trinajstić information content (AvgIpc) is 2.42. The van der Waals surface area contributed by atoms with Crippen molar-refractivity contribution in [2.75, 3.05) is 12.3 Å². The van der Waals surface area contributed by atoms with Crippen molar-refractivity contribution >= 4 is 31.6 Å². The highest BCUT2D eigenvalue weighted by atomic mass is 79.9. The molecule has 0 spiro atoms. The first-order valence-electron chi connectivity index (χ1n) is 6.64. The second-order valence-electron chi connectivity index (χ2n) is 4.98. The van der Waals surface area contributed by atoms with Gasteiger partial charge in [-0.05, 0) is 47.3 Å². The van der Waals surface area contributed by atoms with E-state index in [1.807, 2.05) is 6.92 Å². The molecule has 1 fully saturated rings. The van der Waals surface area contributed by atoms with Crippen molar-refractivity contribution in [1.82, 2.24) is 4.31 Å². The molecule has 1 atom stereocenters. The fourth-order valence-corrected chi connectivity index (χ4v) is 4.98. The summed E-state index contributed by atoms with van der Waals surface area (Å²) in [5.41, 5.74) is 5.65. The van der Waals surface area contributed by atoms with E-state index in [4.69, 9.17) is 5.73 Å². The molecular formula is C13H18BrFN2O2S. The Labute approximate surface area is 127 Å². The van der Waals surface area contributed by atoms with Crippen LogP contribution in [0.3, 0.4) is 0 Å². The van der Waals surface area contributed by atoms with Gasteiger partial charge in [-0.1, -0.05) is 13.3 Å². The number of piperidine rings is 1. The number of halogens is 2. The Bertz CT molecular complexity index is 607. The van der Waals surface area contributed by atoms with Gasteiger partial charge in [0.25, 0.3) is 0 Å². The summed E-state index contributed by atoms with van der Waals surface area (Å²) in [6, 6.07) is 2.29. The predicted octanol–water partition coefficient (Wildman–Crippen LogP) is 3.12. The number of nitrogen functional groups attached to an aromatic ring is 1. The third kappa shape index (κ3) is 2.84. The first-order chi connectivity index (χ1) is 9.37. The molecule has 1 unspecified atom stereocenters. The van der Waals surface area contributed by atoms with Gasteiger partial charge in [-0.2, -0.15) is 4.31 Å². The van der Waals surface area contributed by atoms with Gasteiger partial charge in [0.05, 0.1) is 10.2 Å². The van der Waals surface area contributed by atoms with Crippen LogP contribution in [-0.4, -0.2) is 25.3 Å². The van der Waals surface area contributed by atoms with Crippen LogP contribution < -0.4 is 5.73 Å². The third-order valence-electron chi connectivity index (χ3n) is 3.68. The van der Waals surface area contributed by atoms with E-state index in [1.54, 1.807) is 0 Å². The maximum atomic E-state index is 13.4. The van der Waals surface area contributed by atoms with Gasteiger partial charge in [0, 0.05) is 12.6 Å². The van der Waals surface area contributed by atoms with E-state index in [9.17, 15) is 12.8 Å². The molecule has 0 aromatic heterocycles. The molecule has 4 nitrogen and oxygen atoms in total. The normalized spacial score (nSPS) is 21.1. The van der Waals surface area contributed by atoms with Crippen molar-refractivity contribution in [3.05, 3.63) is 22.4 Å². The molecule has 2 rings (SSSR count). The fourth-order valence-electron chi connectivity index (χ4n) is 2.59. The van der Waals surface area contributed by atoms with Crippen LogP contribution in [0.2, 0.25) is 0 Å². The van der Waals surface area contributed by atoms with Gasteiger partial charge in [0.2, 0.25) is 10.0 Å². The lowest BCUT2D eigenvalue weighted by molar-refractivity contribution is 0.246. The molecule has 0 radical (unpaired) electrons. The molecule has 0 aliphatic carbocycles. The zero-order valence-corrected chi connectivity index (χ0v) is 13.7. The van der Waals surface area contributed by atoms with Crippen LogP contribution in [-0.2, 0) is 10.0 Å². The van der Waals surface area contributed by atoms with Crippen molar-refractivity contribution in [2.45, 2.75) is 43.5 Å². The maximum absolute atomic E-state index is 13.4. The summed E-state index contributed by atoms with van der Waals surface area (Å²) in [7, 11) is -3.68. The predicted molar refractivity (Wildman–Crippen MR) is 80.3 cm³/mol. The minimum absolute atomic E-state index is 0.00280. The van der Waals surface area contributed by atoms with Crippen LogP contribution in [0.25, 0.3) is 0 Å². The molecule has 1 heterocycles. The minimum atomic E-state index is -3.68. The summed E-state index contributed by atoms with van der Waals surface area (Å²) in [6.45, 7) is 2.47. The van der Waals surface area contributed by atoms with E-state index in [2.05, 4.69) is 15.9 Å². The quantitative estimate of drug-likeness (QED) is 0.838. The summed E-state index contributed by atoms with van der Waals surface area (Å²) in [4.78, 5) is -0.0221. The molecule has 1 aliphatic heterocycles. The SMILES string of the molecule is CCC1CCCCN1S(=O)(=O)c1cc(Br)c(F)cc1N. The molecule has 20 heavy (non-hydrogen) atoms. The van der Waals surface area contributed by atoms with Gasteiger partial charge in [-0.15, -0.1) is 0 Å². The zero-order chi connectivity index (χ0) is 14.9. The number of hydrogen-bond acceptors (Lipinski definition) is 3. The number of nitrogens with two attached hydrogens (primary N) is 1. The van der Waals surface area contributed by atoms with Crippen LogP contribution >= 0.6 is 15.9 Å². The Hall–Kier alpha value is -0.660. The number of rotatable bonds is 3. The van der Waals surface area contributed by atoms with Crippen molar-refractivity contribution in [1.29, 1.82) is 0 Å². The van der Waals surface area contributed by atoms with E-state index >= 15 is 0 Å². The van der Waals surface area contributed by atoms with Crippen LogP contribution in [0.4, 0.5) is 10.1 Å². The fraction of sp³-hybridized carbons (Fsp3) is 0.538. The van der Waals surface area contributed by atoms with Gasteiger partial charge in [0.15, 0.2) is 0 Å². The molecule has 0 saturated carbocycles. The third-order valence-corrected chi connectivity index (χ3v) is 6.30. The summed E-state index contributed by atoms with van der Waals surface area (Å²) >= 11 is 3.02. The number of hydrogen-bond donors (Lipinski definition) is 1. The smallest absolute Gasteiger partial charge is 0.245 e. The summed E-state index contributed by atoms with van der Waals surface area (Å²) in [5, 5.41) is 0. The Kier molecular flexibility index (Phi) is 4.71. The highest BCUT2D eigenvalue weighted by molar-refractivity contribution is 9.10. The highest BCUT2D eigenvalue weighted by Crippen LogP contribution is 2.32. The second kappa shape index (κ2) is 5.99. The monoisotopic (exact) mass is 364 g/mol. The molecule has 1 aliphatic rings. The topological polar surface area (TPSA) is 63.4 Å². The van der Waals surface area contributed by atoms with Crippen LogP contribution in [0.1, 0.15) is 32.6 Å². The van der Waals surface area contributed by atoms with Gasteiger partial charge in [-0.25, -0.2) is 12.8 Å². The lowest BCUT2D eigenvalue weighted by Gasteiger charge is -2.34. The van der Waals surface area contributed by atoms with Crippen LogP contribution in [0.5, 0.6) is 0 Å². The summed E-state index contributed by atoms with van der Waals surface area (Å²) in [6.07, 6.45) is 3.50. The minimum Gasteiger partial charge on any atom is -0.398 e. The summed E-state index contributed by atoms with van der Waals surface area (Å²) < 4.78 is 40.5. The Balaban J connectivity index is 2.46. The van der Waals surface area contributed by atoms with Crippen molar-refractivity contribution in [2.24, 2.45) is 0 Å². The van der Waals surface area contributed by atoms with Gasteiger partial charge in [-0.3, -0.25) is 0 Å². The zero-order valence-electron chi connectivity index (χ0n) is 11.3. The lowest BCUT2D eigenvalue weighted by atomic mass is 10.0. The van der Waals surface area contributed by atoms with E-state index in [0.717, 1.165) is 31.7 Å². The number of sulfonamides is 1. The van der Waals surface area contributed by atoms with Gasteiger partial charge >= 0.3 is 0 Å². The van der Waals surface area contributed by atoms with Crippen molar-refractivity contribution < 1.29 is 12.8 Å². The molecule has 7 heteroatoms. The Morgan fingerprint density at radius 3 is 2.80 bits per heavy atom. The van der Waals surface area contributed by atoms with E-state index in [1.165, 1.54) is 10.4 Å². The second-order valence-corrected chi connectivity index (χ2v) is 7.69. The maximum Gasteiger partial charge on any atom is 0.245 e. The van der Waals surface area contributed by atoms with Crippen LogP contribution in [0.15, 0.2) is 21.5 Å². The molecule has 1 aromatic rings. The van der Waals surface area contributed by atoms with E-state index < -0.39 is 15.8 Å². The largest absolute Gasteiger partial charge is 0.398 e. The molecule has 0 amide bonds. The van der Waals surface area contributed by atoms with Gasteiger partial charge < -0.3 is 5.73 Å². The standard InChI is InChI=1S/C13H18BrFN2O2S/c1-2-9-5-3-4-6-17(9)20(18,19)13-7-10(14)11(15)8-12(13)16/h7-9H,2-6,16H2,1H3. The van der Waals surface area contributed by atoms with Gasteiger partial charge in [0.1, 0.15) is 10.7 Å². The number of anilines is 1. The van der Waals surface area contributed by atoms with Crippen molar-refractivity contribution in [3.8, 4) is 0 Å². The molecule has 2 N–H and O–H groups in total. The Morgan fingerprint density at radius 1 is 1.45 bits per heavy atom. The van der Waals surface area contributed by atoms with E-state index in [0.29, 0.717) is 6.54 Å². The molecule has 0 bridgehead atoms. The highest BCUT2D eigenvalue weighted by Gasteiger charge is 2.34. The first kappa shape index (κ1) is 15.7. The molecule has 1 saturated heterocycles. The number of benzene rings is 1. The molecule has 1 aromatic carbocycles. The van der Waals surface area contributed by atoms with Crippen molar-refractivity contribution in [3.63, 3.8) is 0 Å². The average molecular weight is 365 g/mol. The molecule has 112 valence electrons. The first-order valence-corrected chi connectivity index (χ1v) is 8.87.